The van der Waals surface area contributed by atoms with Crippen LogP contribution >= 0.6 is 0 Å². The van der Waals surface area contributed by atoms with Crippen LogP contribution in [0.5, 0.6) is 0 Å². The molecule has 0 amide bonds. The lowest BCUT2D eigenvalue weighted by atomic mass is 10.00. The first-order chi connectivity index (χ1) is 8.65. The molecule has 1 heterocycles. The molecule has 2 N–H and O–H groups in total. The highest BCUT2D eigenvalue weighted by atomic mass is 16.3. The van der Waals surface area contributed by atoms with Crippen LogP contribution in [-0.4, -0.2) is 27.5 Å². The van der Waals surface area contributed by atoms with Crippen molar-refractivity contribution in [1.29, 1.82) is 0 Å². The summed E-state index contributed by atoms with van der Waals surface area (Å²) in [7, 11) is 1.92. The van der Waals surface area contributed by atoms with Crippen LogP contribution in [0.2, 0.25) is 0 Å². The number of nitrogens with one attached hydrogen (secondary N) is 1. The first kappa shape index (κ1) is 13.6. The van der Waals surface area contributed by atoms with Crippen molar-refractivity contribution in [2.75, 3.05) is 6.54 Å². The molecule has 102 valence electrons. The number of hydrogen-bond acceptors (Lipinski definition) is 3. The van der Waals surface area contributed by atoms with Crippen molar-refractivity contribution in [1.82, 2.24) is 15.1 Å². The Balaban J connectivity index is 1.70. The van der Waals surface area contributed by atoms with Crippen LogP contribution in [0.1, 0.15) is 50.6 Å². The van der Waals surface area contributed by atoms with Gasteiger partial charge in [-0.2, -0.15) is 5.10 Å². The molecule has 2 unspecified atom stereocenters. The molecule has 0 bridgehead atoms. The summed E-state index contributed by atoms with van der Waals surface area (Å²) in [4.78, 5) is 0. The van der Waals surface area contributed by atoms with Gasteiger partial charge < -0.3 is 10.4 Å². The molecule has 2 atom stereocenters. The SMILES string of the molecule is CC(NCC(O)CC1CCCC1)c1cnn(C)c1. The van der Waals surface area contributed by atoms with Gasteiger partial charge in [-0.15, -0.1) is 0 Å². The summed E-state index contributed by atoms with van der Waals surface area (Å²) >= 11 is 0. The summed E-state index contributed by atoms with van der Waals surface area (Å²) in [6.07, 6.45) is 9.92. The summed E-state index contributed by atoms with van der Waals surface area (Å²) < 4.78 is 1.81. The fourth-order valence-corrected chi connectivity index (χ4v) is 2.81. The van der Waals surface area contributed by atoms with Gasteiger partial charge in [-0.3, -0.25) is 4.68 Å². The monoisotopic (exact) mass is 251 g/mol. The molecular weight excluding hydrogens is 226 g/mol. The van der Waals surface area contributed by atoms with Gasteiger partial charge in [0.05, 0.1) is 12.3 Å². The first-order valence-corrected chi connectivity index (χ1v) is 7.05. The molecule has 18 heavy (non-hydrogen) atoms. The second kappa shape index (κ2) is 6.34. The van der Waals surface area contributed by atoms with Crippen LogP contribution in [0.15, 0.2) is 12.4 Å². The molecule has 0 radical (unpaired) electrons. The van der Waals surface area contributed by atoms with Gasteiger partial charge in [-0.25, -0.2) is 0 Å². The van der Waals surface area contributed by atoms with Crippen molar-refractivity contribution >= 4 is 0 Å². The molecule has 1 saturated carbocycles. The standard InChI is InChI=1S/C14H25N3O/c1-11(13-8-16-17(2)10-13)15-9-14(18)7-12-5-3-4-6-12/h8,10-12,14-15,18H,3-7,9H2,1-2H3. The minimum Gasteiger partial charge on any atom is -0.392 e. The van der Waals surface area contributed by atoms with Crippen molar-refractivity contribution < 1.29 is 5.11 Å². The van der Waals surface area contributed by atoms with E-state index in [1.165, 1.54) is 31.2 Å². The van der Waals surface area contributed by atoms with Crippen LogP contribution in [0.3, 0.4) is 0 Å². The third kappa shape index (κ3) is 3.82. The second-order valence-electron chi connectivity index (χ2n) is 5.62. The Labute approximate surface area is 109 Å². The highest BCUT2D eigenvalue weighted by molar-refractivity contribution is 5.08. The number of aliphatic hydroxyl groups is 1. The van der Waals surface area contributed by atoms with Gasteiger partial charge in [0.1, 0.15) is 0 Å². The summed E-state index contributed by atoms with van der Waals surface area (Å²) in [6.45, 7) is 2.78. The molecule has 0 spiro atoms. The highest BCUT2D eigenvalue weighted by Gasteiger charge is 2.19. The average Bonchev–Trinajstić information content (AvgIpc) is 2.97. The maximum Gasteiger partial charge on any atom is 0.0667 e. The van der Waals surface area contributed by atoms with Crippen molar-refractivity contribution in [2.24, 2.45) is 13.0 Å². The van der Waals surface area contributed by atoms with Gasteiger partial charge in [0.25, 0.3) is 0 Å². The van der Waals surface area contributed by atoms with E-state index in [2.05, 4.69) is 17.3 Å². The normalized spacial score (nSPS) is 20.2. The average molecular weight is 251 g/mol. The Morgan fingerprint density at radius 2 is 2.22 bits per heavy atom. The Kier molecular flexibility index (Phi) is 4.78. The highest BCUT2D eigenvalue weighted by Crippen LogP contribution is 2.28. The van der Waals surface area contributed by atoms with Gasteiger partial charge in [-0.1, -0.05) is 25.7 Å². The summed E-state index contributed by atoms with van der Waals surface area (Å²) in [6, 6.07) is 0.247. The summed E-state index contributed by atoms with van der Waals surface area (Å²) in [5, 5.41) is 17.6. The van der Waals surface area contributed by atoms with Gasteiger partial charge in [0.15, 0.2) is 0 Å². The first-order valence-electron chi connectivity index (χ1n) is 7.05. The Bertz CT molecular complexity index is 358. The summed E-state index contributed by atoms with van der Waals surface area (Å²) in [5.41, 5.74) is 1.17. The topological polar surface area (TPSA) is 50.1 Å². The van der Waals surface area contributed by atoms with E-state index >= 15 is 0 Å². The zero-order valence-electron chi connectivity index (χ0n) is 11.5. The molecule has 2 rings (SSSR count). The number of aromatic nitrogens is 2. The van der Waals surface area contributed by atoms with Gasteiger partial charge in [0.2, 0.25) is 0 Å². The van der Waals surface area contributed by atoms with Crippen molar-refractivity contribution in [3.8, 4) is 0 Å². The van der Waals surface area contributed by atoms with E-state index in [9.17, 15) is 5.11 Å². The lowest BCUT2D eigenvalue weighted by Crippen LogP contribution is -2.30. The Hall–Kier alpha value is -0.870. The third-order valence-electron chi connectivity index (χ3n) is 3.96. The van der Waals surface area contributed by atoms with E-state index in [0.717, 1.165) is 12.3 Å². The van der Waals surface area contributed by atoms with Crippen LogP contribution < -0.4 is 5.32 Å². The minimum atomic E-state index is -0.216. The third-order valence-corrected chi connectivity index (χ3v) is 3.96. The molecular formula is C14H25N3O. The van der Waals surface area contributed by atoms with E-state index in [1.54, 1.807) is 0 Å². The van der Waals surface area contributed by atoms with E-state index in [1.807, 2.05) is 24.1 Å². The van der Waals surface area contributed by atoms with Crippen LogP contribution in [-0.2, 0) is 7.05 Å². The van der Waals surface area contributed by atoms with Crippen LogP contribution in [0, 0.1) is 5.92 Å². The number of hydrogen-bond donors (Lipinski definition) is 2. The molecule has 1 aliphatic carbocycles. The Morgan fingerprint density at radius 1 is 1.50 bits per heavy atom. The second-order valence-corrected chi connectivity index (χ2v) is 5.62. The maximum absolute atomic E-state index is 10.0. The van der Waals surface area contributed by atoms with E-state index in [4.69, 9.17) is 0 Å². The van der Waals surface area contributed by atoms with Crippen molar-refractivity contribution in [3.63, 3.8) is 0 Å². The van der Waals surface area contributed by atoms with E-state index in [0.29, 0.717) is 6.54 Å². The fourth-order valence-electron chi connectivity index (χ4n) is 2.81. The lowest BCUT2D eigenvalue weighted by molar-refractivity contribution is 0.137. The molecule has 1 aromatic heterocycles. The van der Waals surface area contributed by atoms with E-state index in [-0.39, 0.29) is 12.1 Å². The zero-order chi connectivity index (χ0) is 13.0. The molecule has 4 heteroatoms. The summed E-state index contributed by atoms with van der Waals surface area (Å²) in [5.74, 6) is 0.746. The quantitative estimate of drug-likeness (QED) is 0.813. The molecule has 0 aliphatic heterocycles. The number of nitrogens with zero attached hydrogens (tertiary/aromatic N) is 2. The van der Waals surface area contributed by atoms with Crippen LogP contribution in [0.25, 0.3) is 0 Å². The molecule has 1 fully saturated rings. The van der Waals surface area contributed by atoms with Crippen molar-refractivity contribution in [2.45, 2.75) is 51.2 Å². The number of aliphatic hydroxyl groups excluding tert-OH is 1. The fraction of sp³-hybridized carbons (Fsp3) is 0.786. The smallest absolute Gasteiger partial charge is 0.0667 e. The van der Waals surface area contributed by atoms with Crippen molar-refractivity contribution in [3.05, 3.63) is 18.0 Å². The molecule has 0 aromatic carbocycles. The Morgan fingerprint density at radius 3 is 2.83 bits per heavy atom. The molecule has 1 aliphatic rings. The molecule has 1 aromatic rings. The molecule has 4 nitrogen and oxygen atoms in total. The molecule has 0 saturated heterocycles. The zero-order valence-corrected chi connectivity index (χ0v) is 11.5. The largest absolute Gasteiger partial charge is 0.392 e. The van der Waals surface area contributed by atoms with Gasteiger partial charge in [-0.05, 0) is 19.3 Å². The van der Waals surface area contributed by atoms with Crippen LogP contribution in [0.4, 0.5) is 0 Å². The maximum atomic E-state index is 10.0. The predicted molar refractivity (Wildman–Crippen MR) is 72.2 cm³/mol. The van der Waals surface area contributed by atoms with E-state index < -0.39 is 0 Å². The number of rotatable bonds is 6. The predicted octanol–water partition coefficient (Wildman–Crippen LogP) is 2.01. The number of aryl methyl sites for hydroxylation is 1. The van der Waals surface area contributed by atoms with Gasteiger partial charge in [0, 0.05) is 31.4 Å². The minimum absolute atomic E-state index is 0.216. The van der Waals surface area contributed by atoms with Gasteiger partial charge >= 0.3 is 0 Å². The lowest BCUT2D eigenvalue weighted by Gasteiger charge is -2.18.